The third kappa shape index (κ3) is 6.16. The van der Waals surface area contributed by atoms with Crippen molar-refractivity contribution < 1.29 is 9.53 Å². The number of nitrogens with zero attached hydrogens (tertiary/aromatic N) is 1. The number of anilines is 1. The second kappa shape index (κ2) is 7.45. The third-order valence-electron chi connectivity index (χ3n) is 3.46. The van der Waals surface area contributed by atoms with Gasteiger partial charge >= 0.3 is 6.09 Å². The molecule has 2 unspecified atom stereocenters. The lowest BCUT2D eigenvalue weighted by Crippen LogP contribution is -2.32. The first kappa shape index (κ1) is 17.5. The van der Waals surface area contributed by atoms with Crippen molar-refractivity contribution in [1.82, 2.24) is 15.5 Å². The van der Waals surface area contributed by atoms with Gasteiger partial charge in [0.25, 0.3) is 0 Å². The number of aromatic amines is 1. The second-order valence-corrected chi connectivity index (χ2v) is 6.45. The van der Waals surface area contributed by atoms with E-state index in [2.05, 4.69) is 41.6 Å². The van der Waals surface area contributed by atoms with Gasteiger partial charge in [0.15, 0.2) is 0 Å². The van der Waals surface area contributed by atoms with E-state index in [0.717, 1.165) is 12.0 Å². The Kier molecular flexibility index (Phi) is 6.20. The predicted octanol–water partition coefficient (Wildman–Crippen LogP) is 3.28. The van der Waals surface area contributed by atoms with Gasteiger partial charge in [0, 0.05) is 18.2 Å². The summed E-state index contributed by atoms with van der Waals surface area (Å²) in [4.78, 5) is 11.8. The van der Waals surface area contributed by atoms with Gasteiger partial charge in [-0.05, 0) is 33.6 Å². The van der Waals surface area contributed by atoms with Gasteiger partial charge in [0.05, 0.1) is 6.20 Å². The quantitative estimate of drug-likeness (QED) is 0.752. The Hall–Kier alpha value is -1.56. The summed E-state index contributed by atoms with van der Waals surface area (Å²) in [6.07, 6.45) is 2.36. The Morgan fingerprint density at radius 2 is 2.10 bits per heavy atom. The minimum Gasteiger partial charge on any atom is -0.444 e. The molecule has 1 aromatic heterocycles. The Morgan fingerprint density at radius 1 is 1.43 bits per heavy atom. The molecule has 3 N–H and O–H groups in total. The number of aromatic nitrogens is 2. The van der Waals surface area contributed by atoms with Crippen molar-refractivity contribution in [2.24, 2.45) is 5.92 Å². The molecule has 1 rings (SSSR count). The molecule has 0 fully saturated rings. The zero-order valence-corrected chi connectivity index (χ0v) is 13.9. The Bertz CT molecular complexity index is 451. The number of carbonyl (C=O) groups excluding carboxylic acids is 1. The summed E-state index contributed by atoms with van der Waals surface area (Å²) in [6.45, 7) is 12.7. The molecule has 0 aliphatic carbocycles. The van der Waals surface area contributed by atoms with Gasteiger partial charge in [-0.3, -0.25) is 10.4 Å². The molecule has 0 radical (unpaired) electrons. The fraction of sp³-hybridized carbons (Fsp3) is 0.733. The number of amides is 1. The second-order valence-electron chi connectivity index (χ2n) is 6.45. The van der Waals surface area contributed by atoms with E-state index in [0.29, 0.717) is 24.3 Å². The molecule has 0 saturated carbocycles. The van der Waals surface area contributed by atoms with E-state index in [9.17, 15) is 4.79 Å². The molecule has 0 spiro atoms. The Labute approximate surface area is 127 Å². The van der Waals surface area contributed by atoms with E-state index >= 15 is 0 Å². The number of ether oxygens (including phenoxy) is 1. The van der Waals surface area contributed by atoms with Crippen molar-refractivity contribution in [2.75, 3.05) is 5.32 Å². The largest absolute Gasteiger partial charge is 0.444 e. The first-order valence-electron chi connectivity index (χ1n) is 7.48. The highest BCUT2D eigenvalue weighted by atomic mass is 16.6. The van der Waals surface area contributed by atoms with Gasteiger partial charge < -0.3 is 10.1 Å². The van der Waals surface area contributed by atoms with Crippen molar-refractivity contribution in [3.8, 4) is 0 Å². The first-order chi connectivity index (χ1) is 9.73. The number of carbonyl (C=O) groups is 1. The number of hydrogen-bond acceptors (Lipinski definition) is 4. The van der Waals surface area contributed by atoms with Crippen molar-refractivity contribution in [2.45, 2.75) is 66.2 Å². The summed E-state index contributed by atoms with van der Waals surface area (Å²) in [5.41, 5.74) is 0.393. The summed E-state index contributed by atoms with van der Waals surface area (Å²) in [7, 11) is 0. The number of H-pyrrole nitrogens is 1. The lowest BCUT2D eigenvalue weighted by Gasteiger charge is -2.21. The SMILES string of the molecule is CCC(C)C(C)NCc1cn[nH]c1NC(=O)OC(C)(C)C. The van der Waals surface area contributed by atoms with Crippen molar-refractivity contribution in [3.63, 3.8) is 0 Å². The van der Waals surface area contributed by atoms with Crippen LogP contribution in [-0.2, 0) is 11.3 Å². The number of nitrogens with one attached hydrogen (secondary N) is 3. The lowest BCUT2D eigenvalue weighted by molar-refractivity contribution is 0.0635. The highest BCUT2D eigenvalue weighted by Gasteiger charge is 2.18. The van der Waals surface area contributed by atoms with E-state index in [4.69, 9.17) is 4.74 Å². The molecular weight excluding hydrogens is 268 g/mol. The summed E-state index contributed by atoms with van der Waals surface area (Å²) in [6, 6.07) is 0.402. The maximum atomic E-state index is 11.8. The topological polar surface area (TPSA) is 79.0 Å². The fourth-order valence-corrected chi connectivity index (χ4v) is 1.78. The molecule has 0 bridgehead atoms. The average Bonchev–Trinajstić information content (AvgIpc) is 2.79. The zero-order chi connectivity index (χ0) is 16.0. The molecule has 6 nitrogen and oxygen atoms in total. The van der Waals surface area contributed by atoms with Crippen LogP contribution in [0.1, 0.15) is 53.5 Å². The number of rotatable bonds is 6. The molecule has 6 heteroatoms. The van der Waals surface area contributed by atoms with Crippen LogP contribution in [0.5, 0.6) is 0 Å². The molecule has 120 valence electrons. The van der Waals surface area contributed by atoms with Gasteiger partial charge in [-0.2, -0.15) is 5.10 Å². The fourth-order valence-electron chi connectivity index (χ4n) is 1.78. The van der Waals surface area contributed by atoms with E-state index in [-0.39, 0.29) is 0 Å². The molecule has 2 atom stereocenters. The predicted molar refractivity (Wildman–Crippen MR) is 84.2 cm³/mol. The van der Waals surface area contributed by atoms with Gasteiger partial charge in [-0.1, -0.05) is 20.3 Å². The highest BCUT2D eigenvalue weighted by molar-refractivity contribution is 5.84. The first-order valence-corrected chi connectivity index (χ1v) is 7.48. The van der Waals surface area contributed by atoms with Crippen molar-refractivity contribution in [1.29, 1.82) is 0 Å². The van der Waals surface area contributed by atoms with E-state index in [1.165, 1.54) is 0 Å². The van der Waals surface area contributed by atoms with Crippen LogP contribution in [0, 0.1) is 5.92 Å². The van der Waals surface area contributed by atoms with E-state index in [1.807, 2.05) is 20.8 Å². The molecule has 1 amide bonds. The highest BCUT2D eigenvalue weighted by Crippen LogP contribution is 2.15. The summed E-state index contributed by atoms with van der Waals surface area (Å²) in [5, 5.41) is 12.9. The van der Waals surface area contributed by atoms with Crippen LogP contribution in [0.25, 0.3) is 0 Å². The molecule has 1 aromatic rings. The van der Waals surface area contributed by atoms with Crippen LogP contribution in [-0.4, -0.2) is 27.9 Å². The maximum absolute atomic E-state index is 11.8. The van der Waals surface area contributed by atoms with Crippen LogP contribution < -0.4 is 10.6 Å². The van der Waals surface area contributed by atoms with Crippen LogP contribution in [0.15, 0.2) is 6.20 Å². The zero-order valence-electron chi connectivity index (χ0n) is 13.9. The number of hydrogen-bond donors (Lipinski definition) is 3. The summed E-state index contributed by atoms with van der Waals surface area (Å²) in [5.74, 6) is 1.17. The minimum atomic E-state index is -0.520. The van der Waals surface area contributed by atoms with E-state index < -0.39 is 11.7 Å². The normalized spacial score (nSPS) is 14.6. The lowest BCUT2D eigenvalue weighted by atomic mass is 10.0. The molecule has 1 heterocycles. The van der Waals surface area contributed by atoms with Crippen LogP contribution in [0.2, 0.25) is 0 Å². The van der Waals surface area contributed by atoms with E-state index in [1.54, 1.807) is 6.20 Å². The van der Waals surface area contributed by atoms with Crippen molar-refractivity contribution in [3.05, 3.63) is 11.8 Å². The third-order valence-corrected chi connectivity index (χ3v) is 3.46. The molecule has 0 aromatic carbocycles. The van der Waals surface area contributed by atoms with Gasteiger partial charge in [-0.25, -0.2) is 4.79 Å². The van der Waals surface area contributed by atoms with Crippen LogP contribution in [0.3, 0.4) is 0 Å². The monoisotopic (exact) mass is 296 g/mol. The van der Waals surface area contributed by atoms with Crippen LogP contribution >= 0.6 is 0 Å². The van der Waals surface area contributed by atoms with Gasteiger partial charge in [-0.15, -0.1) is 0 Å². The molecular formula is C15H28N4O2. The Balaban J connectivity index is 2.56. The summed E-state index contributed by atoms with van der Waals surface area (Å²) >= 11 is 0. The standard InChI is InChI=1S/C15H28N4O2/c1-7-10(2)11(3)16-8-12-9-17-19-13(12)18-14(20)21-15(4,5)6/h9-11,16H,7-8H2,1-6H3,(H2,17,18,19,20). The molecule has 0 saturated heterocycles. The van der Waals surface area contributed by atoms with Gasteiger partial charge in [0.2, 0.25) is 0 Å². The molecule has 0 aliphatic heterocycles. The van der Waals surface area contributed by atoms with Gasteiger partial charge in [0.1, 0.15) is 11.4 Å². The maximum Gasteiger partial charge on any atom is 0.413 e. The smallest absolute Gasteiger partial charge is 0.413 e. The Morgan fingerprint density at radius 3 is 2.67 bits per heavy atom. The molecule has 21 heavy (non-hydrogen) atoms. The molecule has 0 aliphatic rings. The minimum absolute atomic E-state index is 0.402. The van der Waals surface area contributed by atoms with Crippen molar-refractivity contribution >= 4 is 11.9 Å². The van der Waals surface area contributed by atoms with Crippen LogP contribution in [0.4, 0.5) is 10.6 Å². The average molecular weight is 296 g/mol. The summed E-state index contributed by atoms with van der Waals surface area (Å²) < 4.78 is 5.23.